The molecule has 0 aliphatic carbocycles. The number of hydroxylamine groups is 3. The highest BCUT2D eigenvalue weighted by atomic mass is 32.2. The predicted octanol–water partition coefficient (Wildman–Crippen LogP) is 4.85. The molecule has 0 aliphatic heterocycles. The molecule has 0 aromatic rings. The maximum atomic E-state index is 14.2. The van der Waals surface area contributed by atoms with Crippen LogP contribution in [0.4, 0.5) is 39.5 Å². The number of rotatable bonds is 20. The van der Waals surface area contributed by atoms with Crippen molar-refractivity contribution in [2.45, 2.75) is 43.5 Å². The van der Waals surface area contributed by atoms with Crippen LogP contribution in [0.15, 0.2) is 0 Å². The lowest BCUT2D eigenvalue weighted by Crippen LogP contribution is -2.60. The predicted molar refractivity (Wildman–Crippen MR) is 111 cm³/mol. The fourth-order valence-electron chi connectivity index (χ4n) is 2.84. The molecule has 0 fully saturated rings. The third kappa shape index (κ3) is 10.0. The van der Waals surface area contributed by atoms with Crippen LogP contribution in [0, 0.1) is 0 Å². The molecule has 0 atom stereocenters. The van der Waals surface area contributed by atoms with E-state index in [4.69, 9.17) is 19.0 Å². The summed E-state index contributed by atoms with van der Waals surface area (Å²) in [7, 11) is 2.89. The lowest BCUT2D eigenvalue weighted by molar-refractivity contribution is -1.10. The maximum Gasteiger partial charge on any atom is 0.460 e. The van der Waals surface area contributed by atoms with Gasteiger partial charge in [0.15, 0.2) is 0 Å². The summed E-state index contributed by atoms with van der Waals surface area (Å²) < 4.78 is 135. The van der Waals surface area contributed by atoms with Gasteiger partial charge in [-0.2, -0.15) is 44.2 Å². The highest BCUT2D eigenvalue weighted by Gasteiger charge is 2.82. The molecule has 0 N–H and O–H groups in total. The monoisotopic (exact) mass is 557 g/mol. The number of hydrogen-bond donors (Lipinski definition) is 0. The van der Waals surface area contributed by atoms with E-state index in [2.05, 4.69) is 0 Å². The molecule has 0 bridgehead atoms. The van der Waals surface area contributed by atoms with Crippen molar-refractivity contribution in [3.05, 3.63) is 0 Å². The van der Waals surface area contributed by atoms with E-state index in [-0.39, 0.29) is 50.6 Å². The summed E-state index contributed by atoms with van der Waals surface area (Å²) in [4.78, 5) is 5.38. The summed E-state index contributed by atoms with van der Waals surface area (Å²) in [5.41, 5.74) is 0. The van der Waals surface area contributed by atoms with Gasteiger partial charge in [-0.25, -0.2) is 9.14 Å². The van der Waals surface area contributed by atoms with E-state index in [1.54, 1.807) is 13.8 Å². The van der Waals surface area contributed by atoms with Crippen molar-refractivity contribution in [1.82, 2.24) is 4.31 Å². The van der Waals surface area contributed by atoms with Crippen molar-refractivity contribution >= 4 is 11.9 Å². The van der Waals surface area contributed by atoms with E-state index in [1.807, 2.05) is 0 Å². The molecule has 16 heteroatoms. The minimum Gasteiger partial charge on any atom is -0.382 e. The Balaban J connectivity index is 5.29. The first-order valence-electron chi connectivity index (χ1n) is 10.8. The van der Waals surface area contributed by atoms with Gasteiger partial charge in [-0.3, -0.25) is 0 Å². The quantitative estimate of drug-likeness (QED) is 0.0701. The topological polar surface area (TPSA) is 40.2 Å². The van der Waals surface area contributed by atoms with Gasteiger partial charge in [-0.05, 0) is 13.8 Å². The van der Waals surface area contributed by atoms with Crippen LogP contribution >= 0.6 is 11.9 Å². The van der Waals surface area contributed by atoms with Crippen molar-refractivity contribution < 1.29 is 63.2 Å². The zero-order chi connectivity index (χ0) is 27.4. The molecule has 0 unspecified atom stereocenters. The third-order valence-electron chi connectivity index (χ3n) is 5.16. The smallest absolute Gasteiger partial charge is 0.382 e. The molecule has 0 aromatic carbocycles. The molecule has 0 spiro atoms. The molecule has 0 amide bonds. The van der Waals surface area contributed by atoms with Crippen molar-refractivity contribution in [3.63, 3.8) is 0 Å². The van der Waals surface area contributed by atoms with Crippen molar-refractivity contribution in [1.29, 1.82) is 0 Å². The Kier molecular flexibility index (Phi) is 14.8. The van der Waals surface area contributed by atoms with E-state index in [1.165, 1.54) is 14.2 Å². The molecule has 0 saturated carbocycles. The van der Waals surface area contributed by atoms with Gasteiger partial charge in [0.05, 0.1) is 40.1 Å². The number of quaternary nitrogens is 1. The first kappa shape index (κ1) is 34.5. The normalized spacial score (nSPS) is 14.2. The minimum absolute atomic E-state index is 0.0102. The van der Waals surface area contributed by atoms with Gasteiger partial charge in [0.1, 0.15) is 19.6 Å². The lowest BCUT2D eigenvalue weighted by atomic mass is 10.1. The second-order valence-corrected chi connectivity index (χ2v) is 8.56. The minimum atomic E-state index is -6.94. The molecule has 35 heavy (non-hydrogen) atoms. The average molecular weight is 558 g/mol. The van der Waals surface area contributed by atoms with Crippen LogP contribution in [0.3, 0.4) is 0 Å². The Hall–Kier alpha value is -0.520. The lowest BCUT2D eigenvalue weighted by Gasteiger charge is -2.36. The zero-order valence-electron chi connectivity index (χ0n) is 20.1. The highest BCUT2D eigenvalue weighted by molar-refractivity contribution is 7.98. The molecule has 0 rings (SSSR count). The van der Waals surface area contributed by atoms with Crippen molar-refractivity contribution in [2.24, 2.45) is 0 Å². The molecule has 0 aromatic heterocycles. The van der Waals surface area contributed by atoms with Crippen LogP contribution in [0.25, 0.3) is 0 Å². The van der Waals surface area contributed by atoms with Crippen molar-refractivity contribution in [3.8, 4) is 0 Å². The van der Waals surface area contributed by atoms with Gasteiger partial charge in [-0.1, -0.05) is 0 Å². The summed E-state index contributed by atoms with van der Waals surface area (Å²) >= 11 is -1.06. The average Bonchev–Trinajstić information content (AvgIpc) is 2.77. The van der Waals surface area contributed by atoms with Gasteiger partial charge in [0.2, 0.25) is 0 Å². The Morgan fingerprint density at radius 3 is 1.69 bits per heavy atom. The fraction of sp³-hybridized carbons (Fsp3) is 1.00. The van der Waals surface area contributed by atoms with Crippen LogP contribution in [0.1, 0.15) is 20.3 Å². The first-order chi connectivity index (χ1) is 16.1. The Bertz CT molecular complexity index is 575. The van der Waals surface area contributed by atoms with E-state index in [0.29, 0.717) is 24.0 Å². The Morgan fingerprint density at radius 1 is 0.714 bits per heavy atom. The third-order valence-corrected chi connectivity index (χ3v) is 6.27. The molecule has 212 valence electrons. The Labute approximate surface area is 203 Å². The summed E-state index contributed by atoms with van der Waals surface area (Å²) in [6.07, 6.45) is -6.77. The van der Waals surface area contributed by atoms with Gasteiger partial charge in [0, 0.05) is 38.6 Å². The van der Waals surface area contributed by atoms with E-state index in [9.17, 15) is 39.5 Å². The molecule has 6 nitrogen and oxygen atoms in total. The second-order valence-electron chi connectivity index (χ2n) is 7.35. The van der Waals surface area contributed by atoms with Crippen LogP contribution in [-0.2, 0) is 19.0 Å². The fourth-order valence-corrected chi connectivity index (χ4v) is 3.79. The molecule has 0 aliphatic rings. The van der Waals surface area contributed by atoms with Gasteiger partial charge < -0.3 is 14.2 Å². The van der Waals surface area contributed by atoms with Gasteiger partial charge >= 0.3 is 23.3 Å². The van der Waals surface area contributed by atoms with Crippen LogP contribution in [-0.4, -0.2) is 112 Å². The van der Waals surface area contributed by atoms with E-state index < -0.39 is 41.8 Å². The summed E-state index contributed by atoms with van der Waals surface area (Å²) in [6, 6.07) is 0. The summed E-state index contributed by atoms with van der Waals surface area (Å²) in [5, 5.41) is -5.77. The number of halogens is 9. The van der Waals surface area contributed by atoms with Crippen LogP contribution in [0.2, 0.25) is 0 Å². The maximum absolute atomic E-state index is 14.2. The largest absolute Gasteiger partial charge is 0.460 e. The van der Waals surface area contributed by atoms with Crippen LogP contribution in [0.5, 0.6) is 0 Å². The number of ether oxygens (including phenoxy) is 3. The van der Waals surface area contributed by atoms with Gasteiger partial charge in [-0.15, -0.1) is 0 Å². The molecular formula is C19H34F9N2O4S+. The second kappa shape index (κ2) is 15.0. The molecule has 0 radical (unpaired) electrons. The van der Waals surface area contributed by atoms with Crippen LogP contribution < -0.4 is 0 Å². The molecule has 0 saturated heterocycles. The summed E-state index contributed by atoms with van der Waals surface area (Å²) in [6.45, 7) is 4.52. The van der Waals surface area contributed by atoms with E-state index in [0.717, 1.165) is 0 Å². The zero-order valence-corrected chi connectivity index (χ0v) is 20.9. The SMILES string of the molecule is CC[N+](CC)(CCCN(CCOCCOCCOC)SC(F)(F)C(F)(F)C(F)(F)C(F)(F)F)OC. The summed E-state index contributed by atoms with van der Waals surface area (Å²) in [5.74, 6) is -13.6. The first-order valence-corrected chi connectivity index (χ1v) is 11.5. The van der Waals surface area contributed by atoms with Gasteiger partial charge in [0.25, 0.3) is 0 Å². The number of nitrogens with zero attached hydrogens (tertiary/aromatic N) is 2. The highest BCUT2D eigenvalue weighted by Crippen LogP contribution is 2.57. The molecular weight excluding hydrogens is 523 g/mol. The standard InChI is InChI=1S/C19H34F9N2O4S/c1-5-30(6-2,32-4)10-7-8-29(9-11-33-14-15-34-13-12-31-3)35-19(27,28)17(22,23)16(20,21)18(24,25)26/h5-15H2,1-4H3/q+1. The number of hydrogen-bond acceptors (Lipinski definition) is 6. The van der Waals surface area contributed by atoms with Crippen molar-refractivity contribution in [2.75, 3.05) is 80.0 Å². The number of alkyl halides is 9. The Morgan fingerprint density at radius 2 is 1.23 bits per heavy atom. The van der Waals surface area contributed by atoms with E-state index >= 15 is 0 Å². The number of methoxy groups -OCH3 is 1. The molecule has 0 heterocycles.